The molecule has 11 nitrogen and oxygen atoms in total. The highest BCUT2D eigenvalue weighted by atomic mass is 16.7. The lowest BCUT2D eigenvalue weighted by Gasteiger charge is -2.41. The first kappa shape index (κ1) is 36.2. The van der Waals surface area contributed by atoms with Gasteiger partial charge >= 0.3 is 11.9 Å². The fraction of sp³-hybridized carbons (Fsp3) is 0.789. The third-order valence-electron chi connectivity index (χ3n) is 12.9. The van der Waals surface area contributed by atoms with E-state index in [1.165, 1.54) is 0 Å². The average molecular weight is 684 g/mol. The van der Waals surface area contributed by atoms with Crippen molar-refractivity contribution in [3.8, 4) is 0 Å². The molecule has 5 fully saturated rings. The van der Waals surface area contributed by atoms with Crippen LogP contribution in [0.4, 0.5) is 0 Å². The number of ketones is 2. The Balaban J connectivity index is 1.25. The summed E-state index contributed by atoms with van der Waals surface area (Å²) in [7, 11) is 1.93. The number of esters is 1. The topological polar surface area (TPSA) is 170 Å². The van der Waals surface area contributed by atoms with Crippen LogP contribution in [-0.4, -0.2) is 85.7 Å². The van der Waals surface area contributed by atoms with Crippen molar-refractivity contribution in [2.24, 2.45) is 35.3 Å². The minimum absolute atomic E-state index is 0.0725. The number of Topliss-reactive ketones (excluding diaryl/α,β-unsaturated/α-hetero) is 2. The zero-order chi connectivity index (χ0) is 34.8. The van der Waals surface area contributed by atoms with Gasteiger partial charge in [0.15, 0.2) is 17.2 Å². The van der Waals surface area contributed by atoms with E-state index in [1.807, 2.05) is 7.05 Å². The van der Waals surface area contributed by atoms with Crippen LogP contribution in [0.2, 0.25) is 0 Å². The fourth-order valence-corrected chi connectivity index (χ4v) is 10.1. The Morgan fingerprint density at radius 1 is 1.14 bits per heavy atom. The second kappa shape index (κ2) is 14.9. The van der Waals surface area contributed by atoms with E-state index in [9.17, 15) is 14.4 Å². The van der Waals surface area contributed by atoms with Gasteiger partial charge in [-0.25, -0.2) is 4.79 Å². The monoisotopic (exact) mass is 683 g/mol. The molecule has 0 spiro atoms. The summed E-state index contributed by atoms with van der Waals surface area (Å²) in [6, 6.07) is 0.220. The summed E-state index contributed by atoms with van der Waals surface area (Å²) in [6.45, 7) is 9.45. The largest absolute Gasteiger partial charge is 0.463 e. The average Bonchev–Trinajstić information content (AvgIpc) is 3.86. The van der Waals surface area contributed by atoms with Crippen LogP contribution in [-0.2, 0) is 23.9 Å². The Labute approximate surface area is 292 Å². The highest BCUT2D eigenvalue weighted by Gasteiger charge is 2.87. The number of epoxide rings is 1. The number of carbonyl (C=O) groups is 3. The lowest BCUT2D eigenvalue weighted by molar-refractivity contribution is -0.699. The smallest absolute Gasteiger partial charge is 0.350 e. The molecule has 6 rings (SSSR count). The molecule has 0 radical (unpaired) electrons. The molecule has 11 heteroatoms. The van der Waals surface area contributed by atoms with Crippen molar-refractivity contribution < 1.29 is 39.5 Å². The maximum Gasteiger partial charge on any atom is 0.350 e. The number of quaternary nitrogens is 2. The lowest BCUT2D eigenvalue weighted by atomic mass is 9.61. The minimum atomic E-state index is -1.83. The summed E-state index contributed by atoms with van der Waals surface area (Å²) in [6.07, 6.45) is 16.7. The molecule has 0 aromatic carbocycles. The molecule has 0 aromatic rings. The Morgan fingerprint density at radius 3 is 2.63 bits per heavy atom. The van der Waals surface area contributed by atoms with Gasteiger partial charge in [-0.05, 0) is 64.4 Å². The zero-order valence-corrected chi connectivity index (χ0v) is 30.4. The number of allylic oxidation sites excluding steroid dienone is 1. The minimum Gasteiger partial charge on any atom is -0.463 e. The SMILES string of the molecule is CC[NH2+]C1C=CC(CC)CC1COC(=O)C12OC1(CC=C(C)CC1(C3CC[NH2+]C(N)C3)CCCNC(=[NH+]C)N1)C(=O)C1CCCCC1C2=O. The van der Waals surface area contributed by atoms with Gasteiger partial charge in [0.05, 0.1) is 32.2 Å². The molecule has 10 atom stereocenters. The molecule has 49 heavy (non-hydrogen) atoms. The molecule has 0 aromatic heterocycles. The van der Waals surface area contributed by atoms with Gasteiger partial charge in [-0.2, -0.15) is 0 Å². The Hall–Kier alpha value is -2.60. The van der Waals surface area contributed by atoms with Gasteiger partial charge in [-0.1, -0.05) is 37.5 Å². The standard InChI is InChI=1S/C38H60N6O5/c1-5-25-12-13-30(41-6-2)26(20-25)23-48-34(47)38-33(46)29-11-8-7-10-28(29)32(45)37(38,49-38)17-14-24(3)22-36(27-15-19-42-31(39)21-27)16-9-18-43-35(40-4)44-36/h12-14,25-31,41-42H,5-11,15-23,39H2,1-4H3,(H2,40,43,44)/p+3. The van der Waals surface area contributed by atoms with Gasteiger partial charge in [0.1, 0.15) is 18.8 Å². The Kier molecular flexibility index (Phi) is 11.0. The highest BCUT2D eigenvalue weighted by molar-refractivity contribution is 6.23. The normalized spacial score (nSPS) is 41.6. The van der Waals surface area contributed by atoms with Crippen molar-refractivity contribution in [1.29, 1.82) is 0 Å². The van der Waals surface area contributed by atoms with Crippen LogP contribution < -0.4 is 32.0 Å². The molecule has 3 aliphatic heterocycles. The van der Waals surface area contributed by atoms with E-state index in [0.29, 0.717) is 24.7 Å². The predicted octanol–water partition coefficient (Wildman–Crippen LogP) is -0.687. The number of fused-ring (bicyclic) bond motifs is 2. The van der Waals surface area contributed by atoms with Gasteiger partial charge in [-0.3, -0.25) is 30.9 Å². The van der Waals surface area contributed by atoms with Crippen LogP contribution in [0.5, 0.6) is 0 Å². The lowest BCUT2D eigenvalue weighted by Crippen LogP contribution is -2.95. The molecule has 6 aliphatic rings. The quantitative estimate of drug-likeness (QED) is 0.0720. The van der Waals surface area contributed by atoms with E-state index >= 15 is 0 Å². The second-order valence-electron chi connectivity index (χ2n) is 16.0. The summed E-state index contributed by atoms with van der Waals surface area (Å²) in [5, 5.41) is 11.8. The van der Waals surface area contributed by atoms with E-state index in [2.05, 4.69) is 65.3 Å². The van der Waals surface area contributed by atoms with E-state index in [0.717, 1.165) is 89.0 Å². The van der Waals surface area contributed by atoms with Crippen LogP contribution in [0.1, 0.15) is 97.8 Å². The number of nitrogens with one attached hydrogen (secondary N) is 3. The van der Waals surface area contributed by atoms with E-state index < -0.39 is 23.1 Å². The molecule has 9 N–H and O–H groups in total. The first-order valence-electron chi connectivity index (χ1n) is 19.4. The molecule has 0 amide bonds. The maximum atomic E-state index is 14.4. The summed E-state index contributed by atoms with van der Waals surface area (Å²) in [4.78, 5) is 46.2. The highest BCUT2D eigenvalue weighted by Crippen LogP contribution is 2.61. The maximum absolute atomic E-state index is 14.4. The molecular formula is C38H63N6O5+3. The summed E-state index contributed by atoms with van der Waals surface area (Å²) in [5.74, 6) is 0.0718. The van der Waals surface area contributed by atoms with Crippen molar-refractivity contribution >= 4 is 23.5 Å². The Morgan fingerprint density at radius 2 is 1.92 bits per heavy atom. The van der Waals surface area contributed by atoms with Crippen LogP contribution in [0.15, 0.2) is 23.8 Å². The zero-order valence-electron chi connectivity index (χ0n) is 30.4. The van der Waals surface area contributed by atoms with Gasteiger partial charge in [0.25, 0.3) is 5.60 Å². The van der Waals surface area contributed by atoms with Crippen molar-refractivity contribution in [2.75, 3.05) is 33.3 Å². The van der Waals surface area contributed by atoms with Gasteiger partial charge < -0.3 is 20.1 Å². The van der Waals surface area contributed by atoms with E-state index in [-0.39, 0.29) is 54.2 Å². The number of hydrogen-bond donors (Lipinski definition) is 6. The summed E-state index contributed by atoms with van der Waals surface area (Å²) >= 11 is 0. The molecule has 2 saturated carbocycles. The van der Waals surface area contributed by atoms with Crippen LogP contribution in [0.3, 0.4) is 0 Å². The third-order valence-corrected chi connectivity index (χ3v) is 12.9. The first-order valence-corrected chi connectivity index (χ1v) is 19.4. The van der Waals surface area contributed by atoms with Crippen molar-refractivity contribution in [2.45, 2.75) is 127 Å². The van der Waals surface area contributed by atoms with Gasteiger partial charge in [0, 0.05) is 49.4 Å². The molecule has 3 aliphatic carbocycles. The van der Waals surface area contributed by atoms with Gasteiger partial charge in [0.2, 0.25) is 0 Å². The van der Waals surface area contributed by atoms with E-state index in [4.69, 9.17) is 15.2 Å². The van der Waals surface area contributed by atoms with E-state index in [1.54, 1.807) is 0 Å². The predicted molar refractivity (Wildman–Crippen MR) is 186 cm³/mol. The van der Waals surface area contributed by atoms with Crippen LogP contribution in [0, 0.1) is 29.6 Å². The third kappa shape index (κ3) is 6.77. The number of guanidine groups is 1. The van der Waals surface area contributed by atoms with Gasteiger partial charge in [-0.15, -0.1) is 0 Å². The Bertz CT molecular complexity index is 1350. The first-order chi connectivity index (χ1) is 23.6. The van der Waals surface area contributed by atoms with Crippen molar-refractivity contribution in [1.82, 2.24) is 10.6 Å². The molecule has 3 saturated heterocycles. The van der Waals surface area contributed by atoms with Crippen LogP contribution >= 0.6 is 0 Å². The fourth-order valence-electron chi connectivity index (χ4n) is 10.1. The molecule has 3 heterocycles. The number of rotatable bonds is 11. The number of piperidine rings is 1. The molecule has 10 unspecified atom stereocenters. The van der Waals surface area contributed by atoms with Crippen LogP contribution in [0.25, 0.3) is 0 Å². The summed E-state index contributed by atoms with van der Waals surface area (Å²) < 4.78 is 12.4. The second-order valence-corrected chi connectivity index (χ2v) is 16.0. The molecule has 272 valence electrons. The number of ether oxygens (including phenoxy) is 2. The molecule has 0 bridgehead atoms. The van der Waals surface area contributed by atoms with Crippen molar-refractivity contribution in [3.63, 3.8) is 0 Å². The number of carbonyl (C=O) groups excluding carboxylic acids is 3. The number of hydrogen-bond acceptors (Lipinski definition) is 6. The molecular weight excluding hydrogens is 620 g/mol. The van der Waals surface area contributed by atoms with Crippen molar-refractivity contribution in [3.05, 3.63) is 23.8 Å². The summed E-state index contributed by atoms with van der Waals surface area (Å²) in [5.41, 5.74) is 4.05. The number of nitrogens with two attached hydrogens (primary N) is 3. The number of likely N-dealkylation sites (N-methyl/N-ethyl adjacent to an activating group) is 1.